The van der Waals surface area contributed by atoms with Crippen LogP contribution in [0, 0.1) is 18.7 Å². The van der Waals surface area contributed by atoms with Crippen molar-refractivity contribution in [2.45, 2.75) is 51.2 Å². The fourth-order valence-corrected chi connectivity index (χ4v) is 6.44. The van der Waals surface area contributed by atoms with Crippen LogP contribution >= 0.6 is 23.2 Å². The molecular weight excluding hydrogens is 660 g/mol. The van der Waals surface area contributed by atoms with Crippen molar-refractivity contribution >= 4 is 35.0 Å². The number of ether oxygens (including phenoxy) is 4. The molecule has 9 nitrogen and oxygen atoms in total. The van der Waals surface area contributed by atoms with Gasteiger partial charge in [-0.3, -0.25) is 9.59 Å². The molecule has 3 aromatic rings. The third kappa shape index (κ3) is 9.75. The molecule has 48 heavy (non-hydrogen) atoms. The van der Waals surface area contributed by atoms with Gasteiger partial charge in [-0.2, -0.15) is 0 Å². The van der Waals surface area contributed by atoms with Crippen LogP contribution in [0.25, 0.3) is 0 Å². The number of methoxy groups -OCH3 is 1. The molecule has 2 unspecified atom stereocenters. The number of hydrogen-bond donors (Lipinski definition) is 2. The molecular formula is C36H42Cl2FN3O6. The van der Waals surface area contributed by atoms with E-state index >= 15 is 0 Å². The molecule has 2 amide bonds. The van der Waals surface area contributed by atoms with Gasteiger partial charge in [0.1, 0.15) is 19.0 Å². The zero-order chi connectivity index (χ0) is 34.0. The fraction of sp³-hybridized carbons (Fsp3) is 0.444. The fourth-order valence-electron chi connectivity index (χ4n) is 5.73. The molecule has 1 saturated heterocycles. The Kier molecular flexibility index (Phi) is 12.8. The minimum Gasteiger partial charge on any atom is -0.493 e. The van der Waals surface area contributed by atoms with Gasteiger partial charge < -0.3 is 34.5 Å². The number of nitrogens with one attached hydrogen (secondary N) is 2. The van der Waals surface area contributed by atoms with E-state index in [-0.39, 0.29) is 36.5 Å². The summed E-state index contributed by atoms with van der Waals surface area (Å²) in [7, 11) is 1.66. The topological polar surface area (TPSA) is 98.4 Å². The van der Waals surface area contributed by atoms with E-state index in [1.807, 2.05) is 36.1 Å². The summed E-state index contributed by atoms with van der Waals surface area (Å²) < 4.78 is 37.1. The van der Waals surface area contributed by atoms with Gasteiger partial charge in [-0.25, -0.2) is 4.39 Å². The van der Waals surface area contributed by atoms with Crippen molar-refractivity contribution in [3.63, 3.8) is 0 Å². The molecule has 12 heteroatoms. The summed E-state index contributed by atoms with van der Waals surface area (Å²) in [4.78, 5) is 29.2. The monoisotopic (exact) mass is 701 g/mol. The summed E-state index contributed by atoms with van der Waals surface area (Å²) in [5, 5.41) is 7.08. The maximum Gasteiger partial charge on any atom is 0.251 e. The highest BCUT2D eigenvalue weighted by atomic mass is 35.5. The number of aryl methyl sites for hydroxylation is 1. The molecule has 2 atom stereocenters. The normalized spacial score (nSPS) is 17.4. The van der Waals surface area contributed by atoms with Gasteiger partial charge in [0.25, 0.3) is 5.91 Å². The maximum atomic E-state index is 15.0. The maximum absolute atomic E-state index is 15.0. The molecule has 1 heterocycles. The zero-order valence-electron chi connectivity index (χ0n) is 27.2. The van der Waals surface area contributed by atoms with Crippen molar-refractivity contribution in [1.82, 2.24) is 15.5 Å². The van der Waals surface area contributed by atoms with Crippen molar-refractivity contribution < 1.29 is 32.9 Å². The number of hydrogen-bond acceptors (Lipinski definition) is 7. The zero-order valence-corrected chi connectivity index (χ0v) is 28.7. The Bertz CT molecular complexity index is 1550. The lowest BCUT2D eigenvalue weighted by molar-refractivity contribution is -0.138. The Morgan fingerprint density at radius 3 is 2.46 bits per heavy atom. The molecule has 2 fully saturated rings. The van der Waals surface area contributed by atoms with E-state index in [2.05, 4.69) is 10.6 Å². The van der Waals surface area contributed by atoms with Gasteiger partial charge in [-0.1, -0.05) is 35.3 Å². The SMILES string of the molecule is COCCCOc1cccc(CN(C(=O)C2CNCCC2NC(=O)c2ccc(OCCOc3c(Cl)cc(C)cc3Cl)c(F)c2)C2CC2)c1. The smallest absolute Gasteiger partial charge is 0.251 e. The molecule has 3 aromatic carbocycles. The van der Waals surface area contributed by atoms with Gasteiger partial charge >= 0.3 is 0 Å². The second kappa shape index (κ2) is 17.2. The van der Waals surface area contributed by atoms with E-state index in [9.17, 15) is 14.0 Å². The van der Waals surface area contributed by atoms with E-state index in [1.165, 1.54) is 12.1 Å². The molecule has 0 aromatic heterocycles. The summed E-state index contributed by atoms with van der Waals surface area (Å²) in [6, 6.07) is 15.1. The Morgan fingerprint density at radius 2 is 1.73 bits per heavy atom. The Labute approximate surface area is 291 Å². The molecule has 1 aliphatic carbocycles. The first-order valence-corrected chi connectivity index (χ1v) is 17.0. The summed E-state index contributed by atoms with van der Waals surface area (Å²) in [5.41, 5.74) is 2.02. The highest BCUT2D eigenvalue weighted by Gasteiger charge is 2.40. The number of carbonyl (C=O) groups excluding carboxylic acids is 2. The van der Waals surface area contributed by atoms with Crippen LogP contribution in [-0.4, -0.2) is 75.4 Å². The summed E-state index contributed by atoms with van der Waals surface area (Å²) in [5.74, 6) is -0.527. The Hall–Kier alpha value is -3.57. The first kappa shape index (κ1) is 35.7. The lowest BCUT2D eigenvalue weighted by Crippen LogP contribution is -2.55. The van der Waals surface area contributed by atoms with Crippen LogP contribution in [0.3, 0.4) is 0 Å². The quantitative estimate of drug-likeness (QED) is 0.171. The van der Waals surface area contributed by atoms with Gasteiger partial charge in [-0.05, 0) is 86.3 Å². The first-order valence-electron chi connectivity index (χ1n) is 16.3. The van der Waals surface area contributed by atoms with E-state index in [1.54, 1.807) is 19.2 Å². The predicted molar refractivity (Wildman–Crippen MR) is 183 cm³/mol. The highest BCUT2D eigenvalue weighted by molar-refractivity contribution is 6.37. The van der Waals surface area contributed by atoms with Crippen LogP contribution in [0.5, 0.6) is 17.2 Å². The van der Waals surface area contributed by atoms with Gasteiger partial charge in [0.15, 0.2) is 17.3 Å². The van der Waals surface area contributed by atoms with E-state index < -0.39 is 23.7 Å². The lowest BCUT2D eigenvalue weighted by Gasteiger charge is -2.36. The van der Waals surface area contributed by atoms with Crippen LogP contribution in [0.1, 0.15) is 47.2 Å². The predicted octanol–water partition coefficient (Wildman–Crippen LogP) is 6.21. The molecule has 1 saturated carbocycles. The summed E-state index contributed by atoms with van der Waals surface area (Å²) in [6.45, 7) is 4.72. The molecule has 2 aliphatic rings. The second-order valence-corrected chi connectivity index (χ2v) is 12.9. The van der Waals surface area contributed by atoms with Gasteiger partial charge in [0.05, 0.1) is 22.6 Å². The average molecular weight is 703 g/mol. The molecule has 5 rings (SSSR count). The largest absolute Gasteiger partial charge is 0.493 e. The highest BCUT2D eigenvalue weighted by Crippen LogP contribution is 2.34. The van der Waals surface area contributed by atoms with Crippen LogP contribution in [0.4, 0.5) is 4.39 Å². The summed E-state index contributed by atoms with van der Waals surface area (Å²) in [6.07, 6.45) is 3.26. The standard InChI is InChI=1S/C36H42Cl2FN3O6/c1-23-17-29(37)34(30(38)18-23)48-16-15-47-33-10-7-25(20-31(33)39)35(43)41-32-11-12-40-21-28(32)36(44)42(26-8-9-26)22-24-5-3-6-27(19-24)46-14-4-13-45-2/h3,5-7,10,17-20,26,28,32,40H,4,8-9,11-16,21-22H2,1-2H3,(H,41,43). The minimum absolute atomic E-state index is 0.00762. The number of amides is 2. The van der Waals surface area contributed by atoms with Gasteiger partial charge in [0.2, 0.25) is 5.91 Å². The molecule has 2 N–H and O–H groups in total. The van der Waals surface area contributed by atoms with E-state index in [4.69, 9.17) is 42.1 Å². The molecule has 258 valence electrons. The Balaban J connectivity index is 1.17. The van der Waals surface area contributed by atoms with Crippen molar-refractivity contribution in [2.75, 3.05) is 46.6 Å². The van der Waals surface area contributed by atoms with E-state index in [0.717, 1.165) is 42.2 Å². The number of benzene rings is 3. The van der Waals surface area contributed by atoms with Crippen molar-refractivity contribution in [2.24, 2.45) is 5.92 Å². The van der Waals surface area contributed by atoms with Gasteiger partial charge in [-0.15, -0.1) is 0 Å². The lowest BCUT2D eigenvalue weighted by atomic mass is 9.91. The van der Waals surface area contributed by atoms with Crippen molar-refractivity contribution in [3.05, 3.63) is 87.2 Å². The number of halogens is 3. The van der Waals surface area contributed by atoms with Crippen LogP contribution in [0.15, 0.2) is 54.6 Å². The third-order valence-electron chi connectivity index (χ3n) is 8.32. The number of nitrogens with zero attached hydrogens (tertiary/aromatic N) is 1. The van der Waals surface area contributed by atoms with Crippen molar-refractivity contribution in [3.8, 4) is 17.2 Å². The Morgan fingerprint density at radius 1 is 0.958 bits per heavy atom. The van der Waals surface area contributed by atoms with Gasteiger partial charge in [0, 0.05) is 50.9 Å². The number of carbonyl (C=O) groups is 2. The minimum atomic E-state index is -0.684. The van der Waals surface area contributed by atoms with Crippen LogP contribution in [-0.2, 0) is 16.1 Å². The first-order chi connectivity index (χ1) is 23.2. The molecule has 0 spiro atoms. The summed E-state index contributed by atoms with van der Waals surface area (Å²) >= 11 is 12.4. The van der Waals surface area contributed by atoms with E-state index in [0.29, 0.717) is 55.1 Å². The second-order valence-electron chi connectivity index (χ2n) is 12.1. The number of rotatable bonds is 16. The van der Waals surface area contributed by atoms with Crippen molar-refractivity contribution in [1.29, 1.82) is 0 Å². The van der Waals surface area contributed by atoms with Crippen LogP contribution in [0.2, 0.25) is 10.0 Å². The average Bonchev–Trinajstić information content (AvgIpc) is 3.91. The molecule has 1 aliphatic heterocycles. The number of piperidine rings is 1. The molecule has 0 bridgehead atoms. The van der Waals surface area contributed by atoms with Crippen LogP contribution < -0.4 is 24.8 Å². The third-order valence-corrected chi connectivity index (χ3v) is 8.88. The molecule has 0 radical (unpaired) electrons.